The topological polar surface area (TPSA) is 109 Å². The number of aromatic nitrogens is 1. The van der Waals surface area contributed by atoms with E-state index >= 15 is 0 Å². The second-order valence-electron chi connectivity index (χ2n) is 4.21. The summed E-state index contributed by atoms with van der Waals surface area (Å²) < 4.78 is 0. The highest BCUT2D eigenvalue weighted by atomic mass is 32.1. The molecule has 1 rings (SSSR count). The predicted octanol–water partition coefficient (Wildman–Crippen LogP) is 0.412. The minimum atomic E-state index is -0.311. The van der Waals surface area contributed by atoms with E-state index in [0.29, 0.717) is 10.0 Å². The molecule has 0 aliphatic carbocycles. The molecule has 0 atom stereocenters. The first-order chi connectivity index (χ1) is 8.93. The van der Waals surface area contributed by atoms with Crippen LogP contribution in [0, 0.1) is 0 Å². The molecule has 0 unspecified atom stereocenters. The molecule has 1 aromatic rings. The van der Waals surface area contributed by atoms with E-state index < -0.39 is 0 Å². The van der Waals surface area contributed by atoms with Crippen molar-refractivity contribution in [1.82, 2.24) is 15.6 Å². The summed E-state index contributed by atoms with van der Waals surface area (Å²) in [5, 5.41) is 8.80. The molecule has 0 aliphatic rings. The third-order valence-electron chi connectivity index (χ3n) is 2.16. The van der Waals surface area contributed by atoms with Gasteiger partial charge in [0.1, 0.15) is 10.7 Å². The Morgan fingerprint density at radius 1 is 1.42 bits per heavy atom. The van der Waals surface area contributed by atoms with Crippen LogP contribution in [0.25, 0.3) is 0 Å². The minimum Gasteiger partial charge on any atom is -0.382 e. The standard InChI is InChI=1S/C11H19N5O2S/c1-6(2)15-7(17)4-5-14-10(18)8-9(12)16-11(13-3)19-8/h6H,4-5,12H2,1-3H3,(H,13,16)(H,14,18)(H,15,17). The number of nitrogens with zero attached hydrogens (tertiary/aromatic N) is 1. The van der Waals surface area contributed by atoms with Crippen molar-refractivity contribution in [1.29, 1.82) is 0 Å². The monoisotopic (exact) mass is 285 g/mol. The van der Waals surface area contributed by atoms with Gasteiger partial charge in [-0.15, -0.1) is 0 Å². The van der Waals surface area contributed by atoms with Crippen LogP contribution < -0.4 is 21.7 Å². The number of amides is 2. The van der Waals surface area contributed by atoms with Crippen LogP contribution in [0.2, 0.25) is 0 Å². The van der Waals surface area contributed by atoms with Gasteiger partial charge in [0, 0.05) is 26.1 Å². The lowest BCUT2D eigenvalue weighted by molar-refractivity contribution is -0.121. The van der Waals surface area contributed by atoms with Gasteiger partial charge in [-0.3, -0.25) is 9.59 Å². The Hall–Kier alpha value is -1.83. The summed E-state index contributed by atoms with van der Waals surface area (Å²) in [7, 11) is 1.70. The second-order valence-corrected chi connectivity index (χ2v) is 5.21. The largest absolute Gasteiger partial charge is 0.382 e. The molecule has 0 spiro atoms. The van der Waals surface area contributed by atoms with E-state index in [9.17, 15) is 9.59 Å². The van der Waals surface area contributed by atoms with Crippen molar-refractivity contribution < 1.29 is 9.59 Å². The zero-order valence-electron chi connectivity index (χ0n) is 11.2. The summed E-state index contributed by atoms with van der Waals surface area (Å²) >= 11 is 1.18. The smallest absolute Gasteiger partial charge is 0.265 e. The predicted molar refractivity (Wildman–Crippen MR) is 76.3 cm³/mol. The Kier molecular flexibility index (Phi) is 5.56. The van der Waals surface area contributed by atoms with Gasteiger partial charge in [0.25, 0.3) is 5.91 Å². The van der Waals surface area contributed by atoms with E-state index in [0.717, 1.165) is 0 Å². The molecule has 5 N–H and O–H groups in total. The molecule has 0 bridgehead atoms. The molecule has 0 fully saturated rings. The van der Waals surface area contributed by atoms with Crippen LogP contribution >= 0.6 is 11.3 Å². The first kappa shape index (κ1) is 15.2. The fourth-order valence-electron chi connectivity index (χ4n) is 1.37. The summed E-state index contributed by atoms with van der Waals surface area (Å²) in [6.45, 7) is 4.03. The highest BCUT2D eigenvalue weighted by Crippen LogP contribution is 2.23. The first-order valence-corrected chi connectivity index (χ1v) is 6.77. The third-order valence-corrected chi connectivity index (χ3v) is 3.25. The molecule has 2 amide bonds. The average Bonchev–Trinajstić information content (AvgIpc) is 2.69. The van der Waals surface area contributed by atoms with Crippen LogP contribution in [0.3, 0.4) is 0 Å². The Bertz CT molecular complexity index is 458. The van der Waals surface area contributed by atoms with Crippen molar-refractivity contribution in [3.63, 3.8) is 0 Å². The number of hydrogen-bond donors (Lipinski definition) is 4. The SMILES string of the molecule is CNc1nc(N)c(C(=O)NCCC(=O)NC(C)C)s1. The molecular weight excluding hydrogens is 266 g/mol. The summed E-state index contributed by atoms with van der Waals surface area (Å²) in [5.74, 6) is -0.212. The minimum absolute atomic E-state index is 0.0940. The van der Waals surface area contributed by atoms with Crippen molar-refractivity contribution >= 4 is 34.1 Å². The van der Waals surface area contributed by atoms with Crippen molar-refractivity contribution in [2.45, 2.75) is 26.3 Å². The highest BCUT2D eigenvalue weighted by molar-refractivity contribution is 7.18. The molecule has 19 heavy (non-hydrogen) atoms. The van der Waals surface area contributed by atoms with Gasteiger partial charge in [0.2, 0.25) is 5.91 Å². The van der Waals surface area contributed by atoms with Gasteiger partial charge in [0.05, 0.1) is 0 Å². The maximum atomic E-state index is 11.8. The van der Waals surface area contributed by atoms with Gasteiger partial charge in [-0.2, -0.15) is 0 Å². The number of nitrogens with one attached hydrogen (secondary N) is 3. The fourth-order valence-corrected chi connectivity index (χ4v) is 2.12. The molecule has 0 saturated carbocycles. The van der Waals surface area contributed by atoms with Crippen LogP contribution in [0.5, 0.6) is 0 Å². The zero-order chi connectivity index (χ0) is 14.4. The van der Waals surface area contributed by atoms with Crippen LogP contribution in [0.4, 0.5) is 10.9 Å². The van der Waals surface area contributed by atoms with Crippen molar-refractivity contribution in [2.75, 3.05) is 24.6 Å². The van der Waals surface area contributed by atoms with E-state index in [1.165, 1.54) is 11.3 Å². The number of anilines is 2. The molecule has 0 aromatic carbocycles. The first-order valence-electron chi connectivity index (χ1n) is 5.95. The van der Waals surface area contributed by atoms with Crippen molar-refractivity contribution in [2.24, 2.45) is 0 Å². The van der Waals surface area contributed by atoms with Crippen molar-refractivity contribution in [3.05, 3.63) is 4.88 Å². The Labute approximate surface area is 116 Å². The van der Waals surface area contributed by atoms with Gasteiger partial charge in [-0.05, 0) is 13.8 Å². The van der Waals surface area contributed by atoms with Gasteiger partial charge in [-0.25, -0.2) is 4.98 Å². The van der Waals surface area contributed by atoms with Gasteiger partial charge in [0.15, 0.2) is 5.13 Å². The van der Waals surface area contributed by atoms with E-state index in [2.05, 4.69) is 20.9 Å². The maximum absolute atomic E-state index is 11.8. The van der Waals surface area contributed by atoms with Gasteiger partial charge >= 0.3 is 0 Å². The summed E-state index contributed by atoms with van der Waals surface area (Å²) in [6, 6.07) is 0.0959. The van der Waals surface area contributed by atoms with Crippen LogP contribution in [-0.4, -0.2) is 36.4 Å². The molecule has 0 saturated heterocycles. The molecule has 0 radical (unpaired) electrons. The maximum Gasteiger partial charge on any atom is 0.265 e. The number of nitrogen functional groups attached to an aromatic ring is 1. The number of hydrogen-bond acceptors (Lipinski definition) is 6. The van der Waals surface area contributed by atoms with Crippen LogP contribution in [-0.2, 0) is 4.79 Å². The molecule has 7 nitrogen and oxygen atoms in total. The van der Waals surface area contributed by atoms with E-state index in [-0.39, 0.29) is 36.6 Å². The third kappa shape index (κ3) is 4.74. The van der Waals surface area contributed by atoms with E-state index in [1.54, 1.807) is 7.05 Å². The summed E-state index contributed by atoms with van der Waals surface area (Å²) in [6.07, 6.45) is 0.238. The quantitative estimate of drug-likeness (QED) is 0.605. The lowest BCUT2D eigenvalue weighted by Crippen LogP contribution is -2.34. The number of thiazole rings is 1. The Morgan fingerprint density at radius 3 is 2.63 bits per heavy atom. The van der Waals surface area contributed by atoms with Crippen molar-refractivity contribution in [3.8, 4) is 0 Å². The normalized spacial score (nSPS) is 10.3. The number of carbonyl (C=O) groups excluding carboxylic acids is 2. The second kappa shape index (κ2) is 6.93. The van der Waals surface area contributed by atoms with Crippen LogP contribution in [0.1, 0.15) is 29.9 Å². The lowest BCUT2D eigenvalue weighted by Gasteiger charge is -2.08. The number of carbonyl (C=O) groups is 2. The fraction of sp³-hybridized carbons (Fsp3) is 0.545. The molecule has 8 heteroatoms. The van der Waals surface area contributed by atoms with E-state index in [1.807, 2.05) is 13.8 Å². The molecular formula is C11H19N5O2S. The van der Waals surface area contributed by atoms with Crippen LogP contribution in [0.15, 0.2) is 0 Å². The molecule has 0 aliphatic heterocycles. The highest BCUT2D eigenvalue weighted by Gasteiger charge is 2.15. The summed E-state index contributed by atoms with van der Waals surface area (Å²) in [4.78, 5) is 27.5. The number of rotatable bonds is 6. The molecule has 1 aromatic heterocycles. The Morgan fingerprint density at radius 2 is 2.11 bits per heavy atom. The lowest BCUT2D eigenvalue weighted by atomic mass is 10.3. The average molecular weight is 285 g/mol. The summed E-state index contributed by atoms with van der Waals surface area (Å²) in [5.41, 5.74) is 5.63. The van der Waals surface area contributed by atoms with Gasteiger partial charge in [-0.1, -0.05) is 11.3 Å². The zero-order valence-corrected chi connectivity index (χ0v) is 12.1. The Balaban J connectivity index is 2.43. The number of nitrogens with two attached hydrogens (primary N) is 1. The van der Waals surface area contributed by atoms with E-state index in [4.69, 9.17) is 5.73 Å². The van der Waals surface area contributed by atoms with Gasteiger partial charge < -0.3 is 21.7 Å². The molecule has 106 valence electrons. The molecule has 1 heterocycles.